The minimum Gasteiger partial charge on any atom is -0.456 e. The first-order chi connectivity index (χ1) is 28.7. The van der Waals surface area contributed by atoms with Gasteiger partial charge in [-0.2, -0.15) is 0 Å². The van der Waals surface area contributed by atoms with E-state index in [-0.39, 0.29) is 0 Å². The third-order valence-corrected chi connectivity index (χ3v) is 12.9. The Bertz CT molecular complexity index is 3280. The molecule has 274 valence electrons. The quantitative estimate of drug-likeness (QED) is 0.169. The van der Waals surface area contributed by atoms with Crippen LogP contribution in [0, 0.1) is 0 Å². The van der Waals surface area contributed by atoms with Crippen molar-refractivity contribution in [1.29, 1.82) is 0 Å². The zero-order valence-electron chi connectivity index (χ0n) is 31.3. The van der Waals surface area contributed by atoms with E-state index in [1.807, 2.05) is 54.2 Å². The highest BCUT2D eigenvalue weighted by Gasteiger charge is 2.33. The Labute approximate surface area is 339 Å². The van der Waals surface area contributed by atoms with E-state index in [4.69, 9.17) is 13.8 Å². The molecular weight excluding hydrogens is 729 g/mol. The summed E-state index contributed by atoms with van der Waals surface area (Å²) in [6.45, 7) is 0. The zero-order valence-corrected chi connectivity index (χ0v) is 32.1. The van der Waals surface area contributed by atoms with Gasteiger partial charge in [0, 0.05) is 32.5 Å². The molecule has 12 rings (SSSR count). The molecule has 1 atom stereocenters. The molecule has 0 spiro atoms. The van der Waals surface area contributed by atoms with Gasteiger partial charge < -0.3 is 13.7 Å². The lowest BCUT2D eigenvalue weighted by Gasteiger charge is -2.31. The number of nitrogens with zero attached hydrogens (tertiary/aromatic N) is 2. The number of benzene rings is 8. The number of anilines is 2. The molecule has 0 amide bonds. The second kappa shape index (κ2) is 13.3. The number of thioether (sulfide) groups is 1. The summed E-state index contributed by atoms with van der Waals surface area (Å²) < 4.78 is 12.6. The molecular formula is C53H34N2O2S. The number of rotatable bonds is 6. The highest BCUT2D eigenvalue weighted by Crippen LogP contribution is 2.51. The lowest BCUT2D eigenvalue weighted by molar-refractivity contribution is 0.619. The average molecular weight is 763 g/mol. The second-order valence-corrected chi connectivity index (χ2v) is 16.2. The van der Waals surface area contributed by atoms with Crippen molar-refractivity contribution in [3.05, 3.63) is 199 Å². The summed E-state index contributed by atoms with van der Waals surface area (Å²) in [6, 6.07) is 62.5. The van der Waals surface area contributed by atoms with Crippen molar-refractivity contribution in [2.24, 2.45) is 0 Å². The van der Waals surface area contributed by atoms with Crippen LogP contribution in [0.25, 0.3) is 83.1 Å². The lowest BCUT2D eigenvalue weighted by Crippen LogP contribution is -2.20. The van der Waals surface area contributed by atoms with Crippen LogP contribution >= 0.6 is 11.8 Å². The zero-order chi connectivity index (χ0) is 38.2. The van der Waals surface area contributed by atoms with Crippen molar-refractivity contribution in [3.8, 4) is 33.7 Å². The maximum Gasteiger partial charge on any atom is 0.227 e. The summed E-state index contributed by atoms with van der Waals surface area (Å²) in [5, 5.41) is 4.88. The first-order valence-corrected chi connectivity index (χ1v) is 20.6. The molecule has 1 aliphatic heterocycles. The van der Waals surface area contributed by atoms with Gasteiger partial charge >= 0.3 is 0 Å². The number of hydrogen-bond donors (Lipinski definition) is 0. The Morgan fingerprint density at radius 2 is 1.22 bits per heavy atom. The smallest absolute Gasteiger partial charge is 0.227 e. The van der Waals surface area contributed by atoms with Crippen LogP contribution in [-0.2, 0) is 0 Å². The van der Waals surface area contributed by atoms with Gasteiger partial charge in [-0.15, -0.1) is 11.8 Å². The monoisotopic (exact) mass is 762 g/mol. The Hall–Kier alpha value is -7.08. The fourth-order valence-corrected chi connectivity index (χ4v) is 10.2. The molecule has 0 saturated carbocycles. The average Bonchev–Trinajstić information content (AvgIpc) is 4.01. The Morgan fingerprint density at radius 1 is 0.534 bits per heavy atom. The van der Waals surface area contributed by atoms with Crippen LogP contribution in [0.4, 0.5) is 11.4 Å². The third kappa shape index (κ3) is 5.35. The Kier molecular flexibility index (Phi) is 7.57. The predicted molar refractivity (Wildman–Crippen MR) is 240 cm³/mol. The van der Waals surface area contributed by atoms with Crippen LogP contribution < -0.4 is 4.90 Å². The summed E-state index contributed by atoms with van der Waals surface area (Å²) in [5.41, 5.74) is 15.0. The van der Waals surface area contributed by atoms with Crippen molar-refractivity contribution in [1.82, 2.24) is 4.98 Å². The van der Waals surface area contributed by atoms with Gasteiger partial charge in [0.15, 0.2) is 5.58 Å². The third-order valence-electron chi connectivity index (χ3n) is 11.6. The van der Waals surface area contributed by atoms with Crippen LogP contribution in [0.3, 0.4) is 0 Å². The molecule has 2 aliphatic rings. The van der Waals surface area contributed by atoms with Gasteiger partial charge in [-0.1, -0.05) is 115 Å². The Balaban J connectivity index is 0.964. The summed E-state index contributed by atoms with van der Waals surface area (Å²) in [5.74, 6) is 0.604. The van der Waals surface area contributed by atoms with E-state index >= 15 is 0 Å². The van der Waals surface area contributed by atoms with Crippen LogP contribution in [0.15, 0.2) is 208 Å². The number of furan rings is 1. The molecule has 10 aromatic rings. The molecule has 0 saturated heterocycles. The van der Waals surface area contributed by atoms with Crippen molar-refractivity contribution in [2.45, 2.75) is 16.6 Å². The van der Waals surface area contributed by atoms with Gasteiger partial charge in [-0.3, -0.25) is 0 Å². The molecule has 3 heterocycles. The van der Waals surface area contributed by atoms with Crippen LogP contribution in [0.5, 0.6) is 0 Å². The van der Waals surface area contributed by atoms with Crippen LogP contribution in [0.2, 0.25) is 0 Å². The minimum absolute atomic E-state index is 0.380. The number of allylic oxidation sites excluding steroid dienone is 2. The highest BCUT2D eigenvalue weighted by molar-refractivity contribution is 8.00. The maximum absolute atomic E-state index is 6.35. The normalized spacial score (nSPS) is 14.8. The Morgan fingerprint density at radius 3 is 2.09 bits per heavy atom. The SMILES string of the molecule is C1=CC(N(c2ccc(-c3ccc4oc5ccc6oc(-c7ccccc7)nc6c5c4c3)cc2)c2ccc(-c3cccc4ccccc34)cc2)=C2c3ccccc3SC2C1. The first-order valence-electron chi connectivity index (χ1n) is 19.7. The summed E-state index contributed by atoms with van der Waals surface area (Å²) in [6.07, 6.45) is 5.69. The van der Waals surface area contributed by atoms with Gasteiger partial charge in [0.25, 0.3) is 0 Å². The summed E-state index contributed by atoms with van der Waals surface area (Å²) >= 11 is 1.98. The second-order valence-electron chi connectivity index (χ2n) is 15.0. The molecule has 0 fully saturated rings. The molecule has 2 aromatic heterocycles. The number of hydrogen-bond acceptors (Lipinski definition) is 5. The lowest BCUT2D eigenvalue weighted by atomic mass is 9.93. The van der Waals surface area contributed by atoms with E-state index in [1.165, 1.54) is 43.6 Å². The van der Waals surface area contributed by atoms with Gasteiger partial charge in [-0.05, 0) is 123 Å². The number of oxazole rings is 1. The number of aromatic nitrogens is 1. The fraction of sp³-hybridized carbons (Fsp3) is 0.0377. The molecule has 58 heavy (non-hydrogen) atoms. The summed E-state index contributed by atoms with van der Waals surface area (Å²) in [4.78, 5) is 8.76. The molecule has 1 unspecified atom stereocenters. The van der Waals surface area contributed by atoms with E-state index < -0.39 is 0 Å². The van der Waals surface area contributed by atoms with E-state index in [1.54, 1.807) is 0 Å². The van der Waals surface area contributed by atoms with Crippen molar-refractivity contribution in [3.63, 3.8) is 0 Å². The van der Waals surface area contributed by atoms with Gasteiger partial charge in [0.05, 0.1) is 11.1 Å². The first kappa shape index (κ1) is 33.1. The predicted octanol–water partition coefficient (Wildman–Crippen LogP) is 14.9. The highest BCUT2D eigenvalue weighted by atomic mass is 32.2. The largest absolute Gasteiger partial charge is 0.456 e. The van der Waals surface area contributed by atoms with Gasteiger partial charge in [-0.25, -0.2) is 4.98 Å². The van der Waals surface area contributed by atoms with Gasteiger partial charge in [0.1, 0.15) is 16.7 Å². The van der Waals surface area contributed by atoms with E-state index in [0.29, 0.717) is 11.1 Å². The van der Waals surface area contributed by atoms with Crippen molar-refractivity contribution < 1.29 is 8.83 Å². The molecule has 0 N–H and O–H groups in total. The van der Waals surface area contributed by atoms with Crippen molar-refractivity contribution >= 4 is 72.5 Å². The standard InChI is InChI=1S/C53H34N2O2S/c1-2-11-36(12-3-1)53-54-52-47(57-53)31-30-46-51(52)43-32-37(24-29-45(43)56-46)33-20-25-38(26-21-33)55(44-17-9-19-49-50(44)42-15-6-7-18-48(42)58-49)39-27-22-35(23-28-39)41-16-8-13-34-10-4-5-14-40(34)41/h1-18,20-32,49H,19H2. The van der Waals surface area contributed by atoms with Crippen LogP contribution in [-0.4, -0.2) is 10.2 Å². The fourth-order valence-electron chi connectivity index (χ4n) is 8.87. The molecule has 1 aliphatic carbocycles. The molecule has 8 aromatic carbocycles. The van der Waals surface area contributed by atoms with E-state index in [2.05, 4.69) is 151 Å². The molecule has 5 heteroatoms. The minimum atomic E-state index is 0.380. The maximum atomic E-state index is 6.35. The number of fused-ring (bicyclic) bond motifs is 9. The molecule has 4 nitrogen and oxygen atoms in total. The topological polar surface area (TPSA) is 42.4 Å². The van der Waals surface area contributed by atoms with E-state index in [0.717, 1.165) is 67.5 Å². The van der Waals surface area contributed by atoms with Crippen molar-refractivity contribution in [2.75, 3.05) is 4.90 Å². The molecule has 0 bridgehead atoms. The van der Waals surface area contributed by atoms with Crippen LogP contribution in [0.1, 0.15) is 12.0 Å². The van der Waals surface area contributed by atoms with Gasteiger partial charge in [0.2, 0.25) is 5.89 Å². The van der Waals surface area contributed by atoms with E-state index in [9.17, 15) is 0 Å². The summed E-state index contributed by atoms with van der Waals surface area (Å²) in [7, 11) is 0. The molecule has 0 radical (unpaired) electrons.